The Bertz CT molecular complexity index is 976. The first-order valence-corrected chi connectivity index (χ1v) is 8.09. The summed E-state index contributed by atoms with van der Waals surface area (Å²) in [6.07, 6.45) is 0. The maximum Gasteiger partial charge on any atom is 0.273 e. The number of ketones is 1. The number of anilines is 1. The predicted octanol–water partition coefficient (Wildman–Crippen LogP) is 3.55. The number of carbonyl (C=O) groups is 2. The van der Waals surface area contributed by atoms with E-state index in [1.807, 2.05) is 24.3 Å². The Morgan fingerprint density at radius 1 is 1.08 bits per heavy atom. The molecule has 0 bridgehead atoms. The van der Waals surface area contributed by atoms with Crippen molar-refractivity contribution in [2.45, 2.75) is 6.92 Å². The van der Waals surface area contributed by atoms with Crippen molar-refractivity contribution in [1.82, 2.24) is 9.78 Å². The summed E-state index contributed by atoms with van der Waals surface area (Å²) in [4.78, 5) is 24.1. The van der Waals surface area contributed by atoms with Crippen molar-refractivity contribution in [2.75, 3.05) is 12.4 Å². The van der Waals surface area contributed by atoms with Gasteiger partial charge in [-0.25, -0.2) is 0 Å². The van der Waals surface area contributed by atoms with Gasteiger partial charge in [-0.1, -0.05) is 24.3 Å². The van der Waals surface area contributed by atoms with E-state index in [0.717, 1.165) is 11.3 Å². The van der Waals surface area contributed by atoms with Crippen LogP contribution >= 0.6 is 0 Å². The molecular weight excluding hydrogens is 330 g/mol. The van der Waals surface area contributed by atoms with Crippen molar-refractivity contribution in [3.63, 3.8) is 0 Å². The van der Waals surface area contributed by atoms with E-state index in [4.69, 9.17) is 4.74 Å². The van der Waals surface area contributed by atoms with Crippen LogP contribution in [0.25, 0.3) is 11.3 Å². The first-order chi connectivity index (χ1) is 12.5. The molecule has 132 valence electrons. The molecule has 0 aliphatic rings. The fourth-order valence-corrected chi connectivity index (χ4v) is 2.61. The monoisotopic (exact) mass is 349 g/mol. The molecule has 3 aromatic rings. The van der Waals surface area contributed by atoms with Crippen LogP contribution < -0.4 is 10.1 Å². The summed E-state index contributed by atoms with van der Waals surface area (Å²) in [6.45, 7) is 1.49. The Balaban J connectivity index is 1.85. The normalized spacial score (nSPS) is 10.4. The summed E-state index contributed by atoms with van der Waals surface area (Å²) in [6, 6.07) is 16.0. The number of aromatic nitrogens is 2. The number of benzene rings is 2. The highest BCUT2D eigenvalue weighted by atomic mass is 16.5. The van der Waals surface area contributed by atoms with Gasteiger partial charge in [0.05, 0.1) is 12.8 Å². The highest BCUT2D eigenvalue weighted by Gasteiger charge is 2.15. The van der Waals surface area contributed by atoms with Crippen molar-refractivity contribution >= 4 is 17.4 Å². The van der Waals surface area contributed by atoms with Crippen LogP contribution in [-0.4, -0.2) is 28.6 Å². The predicted molar refractivity (Wildman–Crippen MR) is 99.6 cm³/mol. The van der Waals surface area contributed by atoms with Crippen molar-refractivity contribution in [3.05, 3.63) is 65.9 Å². The fourth-order valence-electron chi connectivity index (χ4n) is 2.61. The van der Waals surface area contributed by atoms with Gasteiger partial charge in [-0.15, -0.1) is 0 Å². The van der Waals surface area contributed by atoms with Crippen LogP contribution in [0.3, 0.4) is 0 Å². The summed E-state index contributed by atoms with van der Waals surface area (Å²) in [5.74, 6) is 0.372. The van der Waals surface area contributed by atoms with E-state index >= 15 is 0 Å². The van der Waals surface area contributed by atoms with Crippen LogP contribution in [0.15, 0.2) is 54.6 Å². The lowest BCUT2D eigenvalue weighted by molar-refractivity contribution is 0.100. The number of nitrogens with one attached hydrogen (secondary N) is 1. The molecule has 2 aromatic carbocycles. The molecule has 1 heterocycles. The van der Waals surface area contributed by atoms with E-state index in [2.05, 4.69) is 10.4 Å². The molecule has 0 unspecified atom stereocenters. The molecule has 3 rings (SSSR count). The minimum absolute atomic E-state index is 0.0538. The van der Waals surface area contributed by atoms with Crippen LogP contribution in [0.1, 0.15) is 27.8 Å². The molecule has 0 spiro atoms. The summed E-state index contributed by atoms with van der Waals surface area (Å²) >= 11 is 0. The largest absolute Gasteiger partial charge is 0.497 e. The maximum atomic E-state index is 12.6. The number of ether oxygens (including phenoxy) is 1. The van der Waals surface area contributed by atoms with Gasteiger partial charge in [0.15, 0.2) is 5.78 Å². The van der Waals surface area contributed by atoms with E-state index in [1.54, 1.807) is 44.5 Å². The minimum atomic E-state index is -0.296. The van der Waals surface area contributed by atoms with Gasteiger partial charge < -0.3 is 10.1 Å². The first-order valence-electron chi connectivity index (χ1n) is 8.09. The number of methoxy groups -OCH3 is 1. The Labute approximate surface area is 151 Å². The van der Waals surface area contributed by atoms with E-state index in [9.17, 15) is 9.59 Å². The van der Waals surface area contributed by atoms with E-state index in [-0.39, 0.29) is 11.7 Å². The van der Waals surface area contributed by atoms with Gasteiger partial charge in [-0.2, -0.15) is 5.10 Å². The molecular formula is C20H19N3O3. The number of nitrogens with zero attached hydrogens (tertiary/aromatic N) is 2. The second-order valence-electron chi connectivity index (χ2n) is 5.86. The third-order valence-electron chi connectivity index (χ3n) is 4.00. The topological polar surface area (TPSA) is 73.2 Å². The number of hydrogen-bond acceptors (Lipinski definition) is 4. The van der Waals surface area contributed by atoms with Gasteiger partial charge in [-0.3, -0.25) is 14.3 Å². The molecule has 6 nitrogen and oxygen atoms in total. The second-order valence-corrected chi connectivity index (χ2v) is 5.86. The molecule has 1 amide bonds. The highest BCUT2D eigenvalue weighted by Crippen LogP contribution is 2.23. The Morgan fingerprint density at radius 2 is 1.85 bits per heavy atom. The zero-order valence-electron chi connectivity index (χ0n) is 14.8. The highest BCUT2D eigenvalue weighted by molar-refractivity contribution is 6.04. The van der Waals surface area contributed by atoms with Crippen molar-refractivity contribution < 1.29 is 14.3 Å². The Morgan fingerprint density at radius 3 is 2.58 bits per heavy atom. The van der Waals surface area contributed by atoms with Gasteiger partial charge in [0.1, 0.15) is 11.4 Å². The SMILES string of the molecule is COc1cccc(-c2cc(C(=O)Nc3cccc(C(C)=O)c3)n(C)n2)c1. The molecule has 0 aliphatic heterocycles. The molecule has 0 fully saturated rings. The van der Waals surface area contributed by atoms with Crippen molar-refractivity contribution in [3.8, 4) is 17.0 Å². The number of Topliss-reactive ketones (excluding diaryl/α,β-unsaturated/α-hetero) is 1. The van der Waals surface area contributed by atoms with Crippen LogP contribution in [0, 0.1) is 0 Å². The zero-order chi connectivity index (χ0) is 18.7. The number of hydrogen-bond donors (Lipinski definition) is 1. The van der Waals surface area contributed by atoms with Crippen LogP contribution in [-0.2, 0) is 7.05 Å². The molecule has 6 heteroatoms. The minimum Gasteiger partial charge on any atom is -0.497 e. The maximum absolute atomic E-state index is 12.6. The summed E-state index contributed by atoms with van der Waals surface area (Å²) in [5.41, 5.74) is 3.05. The number of rotatable bonds is 5. The van der Waals surface area contributed by atoms with Crippen molar-refractivity contribution in [2.24, 2.45) is 7.05 Å². The molecule has 0 aliphatic carbocycles. The average molecular weight is 349 g/mol. The lowest BCUT2D eigenvalue weighted by Gasteiger charge is -2.06. The molecule has 0 saturated carbocycles. The molecule has 0 radical (unpaired) electrons. The standard InChI is InChI=1S/C20H19N3O3/c1-13(24)14-6-4-8-16(10-14)21-20(25)19-12-18(22-23(19)2)15-7-5-9-17(11-15)26-3/h4-12H,1-3H3,(H,21,25). The zero-order valence-corrected chi connectivity index (χ0v) is 14.8. The fraction of sp³-hybridized carbons (Fsp3) is 0.150. The van der Waals surface area contributed by atoms with E-state index in [1.165, 1.54) is 11.6 Å². The van der Waals surface area contributed by atoms with Crippen LogP contribution in [0.2, 0.25) is 0 Å². The average Bonchev–Trinajstić information content (AvgIpc) is 3.04. The van der Waals surface area contributed by atoms with Gasteiger partial charge in [0.2, 0.25) is 0 Å². The molecule has 1 aromatic heterocycles. The first kappa shape index (κ1) is 17.4. The van der Waals surface area contributed by atoms with Gasteiger partial charge in [0, 0.05) is 23.9 Å². The number of amides is 1. The van der Waals surface area contributed by atoms with Crippen LogP contribution in [0.5, 0.6) is 5.75 Å². The lowest BCUT2D eigenvalue weighted by Crippen LogP contribution is -2.16. The number of carbonyl (C=O) groups excluding carboxylic acids is 2. The van der Waals surface area contributed by atoms with Crippen LogP contribution in [0.4, 0.5) is 5.69 Å². The van der Waals surface area contributed by atoms with Gasteiger partial charge in [-0.05, 0) is 37.3 Å². The second kappa shape index (κ2) is 7.23. The summed E-state index contributed by atoms with van der Waals surface area (Å²) < 4.78 is 6.76. The summed E-state index contributed by atoms with van der Waals surface area (Å²) in [7, 11) is 3.32. The molecule has 1 N–H and O–H groups in total. The van der Waals surface area contributed by atoms with Gasteiger partial charge >= 0.3 is 0 Å². The van der Waals surface area contributed by atoms with Crippen molar-refractivity contribution in [1.29, 1.82) is 0 Å². The van der Waals surface area contributed by atoms with Gasteiger partial charge in [0.25, 0.3) is 5.91 Å². The lowest BCUT2D eigenvalue weighted by atomic mass is 10.1. The third-order valence-corrected chi connectivity index (χ3v) is 4.00. The van der Waals surface area contributed by atoms with E-state index < -0.39 is 0 Å². The number of aryl methyl sites for hydroxylation is 1. The molecule has 26 heavy (non-hydrogen) atoms. The molecule has 0 atom stereocenters. The molecule has 0 saturated heterocycles. The quantitative estimate of drug-likeness (QED) is 0.715. The third kappa shape index (κ3) is 3.64. The summed E-state index contributed by atoms with van der Waals surface area (Å²) in [5, 5.41) is 7.22. The Hall–Kier alpha value is -3.41. The van der Waals surface area contributed by atoms with E-state index in [0.29, 0.717) is 22.6 Å². The Kier molecular flexibility index (Phi) is 4.84. The smallest absolute Gasteiger partial charge is 0.273 e.